The van der Waals surface area contributed by atoms with Crippen LogP contribution in [0, 0.1) is 5.92 Å². The van der Waals surface area contributed by atoms with Crippen LogP contribution in [0.1, 0.15) is 49.2 Å². The summed E-state index contributed by atoms with van der Waals surface area (Å²) in [6.07, 6.45) is 3.59. The predicted octanol–water partition coefficient (Wildman–Crippen LogP) is 2.27. The molecule has 1 unspecified atom stereocenters. The minimum absolute atomic E-state index is 0.0287. The summed E-state index contributed by atoms with van der Waals surface area (Å²) in [7, 11) is 1.76. The molecular formula is C20H24N4O3. The van der Waals surface area contributed by atoms with Crippen LogP contribution in [-0.4, -0.2) is 40.4 Å². The van der Waals surface area contributed by atoms with Crippen molar-refractivity contribution in [1.82, 2.24) is 20.4 Å². The maximum atomic E-state index is 12.7. The minimum Gasteiger partial charge on any atom is -0.349 e. The number of carbonyl (C=O) groups excluding carboxylic acids is 2. The van der Waals surface area contributed by atoms with Crippen molar-refractivity contribution in [3.05, 3.63) is 35.2 Å². The van der Waals surface area contributed by atoms with Gasteiger partial charge >= 0.3 is 0 Å². The molecule has 1 aliphatic heterocycles. The van der Waals surface area contributed by atoms with E-state index in [1.165, 1.54) is 5.56 Å². The van der Waals surface area contributed by atoms with E-state index >= 15 is 0 Å². The number of fused-ring (bicyclic) bond motifs is 1. The fourth-order valence-electron chi connectivity index (χ4n) is 3.94. The normalized spacial score (nSPS) is 22.0. The van der Waals surface area contributed by atoms with Gasteiger partial charge in [0.1, 0.15) is 0 Å². The molecule has 2 aliphatic rings. The molecule has 2 aromatic rings. The van der Waals surface area contributed by atoms with Gasteiger partial charge in [-0.15, -0.1) is 0 Å². The molecule has 2 heterocycles. The second-order valence-electron chi connectivity index (χ2n) is 7.39. The monoisotopic (exact) mass is 368 g/mol. The van der Waals surface area contributed by atoms with Crippen LogP contribution in [-0.2, 0) is 22.4 Å². The standard InChI is InChI=1S/C20H24N4O3/c1-3-17-22-19(23-27-17)13-4-7-15-12(10-13)5-8-16(15)21-20(26)14-6-9-18(25)24(2)11-14/h4,7,10,14,16H,3,5-6,8-9,11H2,1-2H3,(H,21,26)/t14?,16-/m1/s1. The smallest absolute Gasteiger partial charge is 0.226 e. The maximum Gasteiger partial charge on any atom is 0.226 e. The third-order valence-corrected chi connectivity index (χ3v) is 5.56. The molecule has 142 valence electrons. The number of benzene rings is 1. The van der Waals surface area contributed by atoms with Crippen molar-refractivity contribution in [2.45, 2.75) is 45.1 Å². The van der Waals surface area contributed by atoms with Gasteiger partial charge in [-0.2, -0.15) is 4.98 Å². The zero-order chi connectivity index (χ0) is 19.0. The number of hydrogen-bond donors (Lipinski definition) is 1. The highest BCUT2D eigenvalue weighted by atomic mass is 16.5. The van der Waals surface area contributed by atoms with Gasteiger partial charge in [-0.05, 0) is 36.5 Å². The lowest BCUT2D eigenvalue weighted by Crippen LogP contribution is -2.44. The van der Waals surface area contributed by atoms with Gasteiger partial charge in [-0.3, -0.25) is 9.59 Å². The molecule has 7 heteroatoms. The van der Waals surface area contributed by atoms with Gasteiger partial charge in [0.15, 0.2) is 0 Å². The van der Waals surface area contributed by atoms with E-state index in [-0.39, 0.29) is 23.8 Å². The lowest BCUT2D eigenvalue weighted by atomic mass is 9.96. The Labute approximate surface area is 158 Å². The summed E-state index contributed by atoms with van der Waals surface area (Å²) in [4.78, 5) is 30.3. The third-order valence-electron chi connectivity index (χ3n) is 5.56. The van der Waals surface area contributed by atoms with Crippen LogP contribution in [0.25, 0.3) is 11.4 Å². The van der Waals surface area contributed by atoms with Crippen LogP contribution in [0.5, 0.6) is 0 Å². The molecule has 2 amide bonds. The molecule has 27 heavy (non-hydrogen) atoms. The van der Waals surface area contributed by atoms with Gasteiger partial charge < -0.3 is 14.7 Å². The van der Waals surface area contributed by atoms with E-state index < -0.39 is 0 Å². The summed E-state index contributed by atoms with van der Waals surface area (Å²) in [5.74, 6) is 1.28. The highest BCUT2D eigenvalue weighted by Gasteiger charge is 2.31. The lowest BCUT2D eigenvalue weighted by Gasteiger charge is -2.29. The van der Waals surface area contributed by atoms with Gasteiger partial charge in [-0.1, -0.05) is 24.2 Å². The second-order valence-corrected chi connectivity index (χ2v) is 7.39. The molecule has 2 atom stereocenters. The van der Waals surface area contributed by atoms with Gasteiger partial charge in [-0.25, -0.2) is 0 Å². The van der Waals surface area contributed by atoms with Gasteiger partial charge in [0.05, 0.1) is 12.0 Å². The minimum atomic E-state index is -0.122. The van der Waals surface area contributed by atoms with Gasteiger partial charge in [0, 0.05) is 32.0 Å². The highest BCUT2D eigenvalue weighted by molar-refractivity contribution is 5.84. The van der Waals surface area contributed by atoms with Crippen molar-refractivity contribution in [2.75, 3.05) is 13.6 Å². The van der Waals surface area contributed by atoms with E-state index in [0.29, 0.717) is 37.5 Å². The van der Waals surface area contributed by atoms with Gasteiger partial charge in [0.2, 0.25) is 23.5 Å². The molecule has 0 radical (unpaired) electrons. The first-order valence-corrected chi connectivity index (χ1v) is 9.55. The molecule has 1 aromatic carbocycles. The first-order valence-electron chi connectivity index (χ1n) is 9.55. The summed E-state index contributed by atoms with van der Waals surface area (Å²) < 4.78 is 5.20. The summed E-state index contributed by atoms with van der Waals surface area (Å²) in [6, 6.07) is 6.17. The fourth-order valence-corrected chi connectivity index (χ4v) is 3.94. The fraction of sp³-hybridized carbons (Fsp3) is 0.500. The molecule has 1 aliphatic carbocycles. The Morgan fingerprint density at radius 1 is 1.33 bits per heavy atom. The Morgan fingerprint density at radius 2 is 2.19 bits per heavy atom. The van der Waals surface area contributed by atoms with Crippen molar-refractivity contribution < 1.29 is 14.1 Å². The van der Waals surface area contributed by atoms with Crippen LogP contribution in [0.15, 0.2) is 22.7 Å². The van der Waals surface area contributed by atoms with E-state index in [1.54, 1.807) is 11.9 Å². The average Bonchev–Trinajstić information content (AvgIpc) is 3.30. The summed E-state index contributed by atoms with van der Waals surface area (Å²) in [5, 5.41) is 7.22. The SMILES string of the molecule is CCc1nc(-c2ccc3c(c2)CC[C@H]3NC(=O)C2CCC(=O)N(C)C2)no1. The molecule has 7 nitrogen and oxygen atoms in total. The number of hydrogen-bond acceptors (Lipinski definition) is 5. The van der Waals surface area contributed by atoms with E-state index in [4.69, 9.17) is 4.52 Å². The van der Waals surface area contributed by atoms with Crippen molar-refractivity contribution in [1.29, 1.82) is 0 Å². The van der Waals surface area contributed by atoms with Crippen molar-refractivity contribution >= 4 is 11.8 Å². The van der Waals surface area contributed by atoms with Crippen LogP contribution >= 0.6 is 0 Å². The molecule has 0 bridgehead atoms. The first kappa shape index (κ1) is 17.7. The number of aryl methyl sites for hydroxylation is 2. The first-order chi connectivity index (χ1) is 13.0. The Balaban J connectivity index is 1.46. The topological polar surface area (TPSA) is 88.3 Å². The molecule has 1 fully saturated rings. The second kappa shape index (κ2) is 7.13. The van der Waals surface area contributed by atoms with Gasteiger partial charge in [0.25, 0.3) is 0 Å². The van der Waals surface area contributed by atoms with Crippen molar-refractivity contribution in [2.24, 2.45) is 5.92 Å². The average molecular weight is 368 g/mol. The highest BCUT2D eigenvalue weighted by Crippen LogP contribution is 2.34. The molecule has 0 saturated carbocycles. The summed E-state index contributed by atoms with van der Waals surface area (Å²) >= 11 is 0. The van der Waals surface area contributed by atoms with Crippen LogP contribution < -0.4 is 5.32 Å². The zero-order valence-corrected chi connectivity index (χ0v) is 15.7. The van der Waals surface area contributed by atoms with E-state index in [9.17, 15) is 9.59 Å². The Bertz CT molecular complexity index is 876. The maximum absolute atomic E-state index is 12.7. The zero-order valence-electron chi connectivity index (χ0n) is 15.7. The predicted molar refractivity (Wildman–Crippen MR) is 98.7 cm³/mol. The Hall–Kier alpha value is -2.70. The molecule has 0 spiro atoms. The van der Waals surface area contributed by atoms with Crippen molar-refractivity contribution in [3.8, 4) is 11.4 Å². The molecule has 1 aromatic heterocycles. The summed E-state index contributed by atoms with van der Waals surface area (Å²) in [5.41, 5.74) is 3.32. The number of rotatable bonds is 4. The number of amides is 2. The molecule has 4 rings (SSSR count). The number of aromatic nitrogens is 2. The number of likely N-dealkylation sites (tertiary alicyclic amines) is 1. The Morgan fingerprint density at radius 3 is 2.93 bits per heavy atom. The van der Waals surface area contributed by atoms with Crippen LogP contribution in [0.3, 0.4) is 0 Å². The Kier molecular flexibility index (Phi) is 4.68. The molecule has 1 N–H and O–H groups in total. The van der Waals surface area contributed by atoms with Crippen molar-refractivity contribution in [3.63, 3.8) is 0 Å². The number of piperidine rings is 1. The largest absolute Gasteiger partial charge is 0.349 e. The van der Waals surface area contributed by atoms with Crippen LogP contribution in [0.4, 0.5) is 0 Å². The van der Waals surface area contributed by atoms with E-state index in [0.717, 1.165) is 24.0 Å². The van der Waals surface area contributed by atoms with Crippen LogP contribution in [0.2, 0.25) is 0 Å². The molecule has 1 saturated heterocycles. The van der Waals surface area contributed by atoms with E-state index in [1.807, 2.05) is 13.0 Å². The number of carbonyl (C=O) groups is 2. The number of nitrogens with one attached hydrogen (secondary N) is 1. The lowest BCUT2D eigenvalue weighted by molar-refractivity contribution is -0.137. The molecular weight excluding hydrogens is 344 g/mol. The number of nitrogens with zero attached hydrogens (tertiary/aromatic N) is 3. The third kappa shape index (κ3) is 3.46. The van der Waals surface area contributed by atoms with E-state index in [2.05, 4.69) is 27.6 Å². The quantitative estimate of drug-likeness (QED) is 0.894. The summed E-state index contributed by atoms with van der Waals surface area (Å²) in [6.45, 7) is 2.48.